The van der Waals surface area contributed by atoms with Gasteiger partial charge in [-0.25, -0.2) is 0 Å². The van der Waals surface area contributed by atoms with Gasteiger partial charge in [-0.05, 0) is 0 Å². The first kappa shape index (κ1) is 24.3. The van der Waals surface area contributed by atoms with Crippen LogP contribution in [-0.4, -0.2) is 112 Å². The second kappa shape index (κ2) is 15.7. The SMILES string of the molecule is [CaH2].[KH].[MgH2].[P]. The standard InChI is InChI=1S/Ca.K.Mg.P.5H. The molecule has 3 radical (unpaired) electrons. The van der Waals surface area contributed by atoms with E-state index in [-0.39, 0.29) is 122 Å². The predicted octanol–water partition coefficient (Wildman–Crippen LogP) is -1.62. The predicted molar refractivity (Wildman–Crippen MR) is 31.2 cm³/mol. The summed E-state index contributed by atoms with van der Waals surface area (Å²) in [5.74, 6) is 0. The first-order chi connectivity index (χ1) is 0. The van der Waals surface area contributed by atoms with Gasteiger partial charge in [-0.15, -0.1) is 0 Å². The van der Waals surface area contributed by atoms with Crippen LogP contribution in [0.5, 0.6) is 0 Å². The van der Waals surface area contributed by atoms with Gasteiger partial charge in [0.1, 0.15) is 0 Å². The van der Waals surface area contributed by atoms with Gasteiger partial charge in [0.2, 0.25) is 0 Å². The number of hydrogen-bond donors (Lipinski definition) is 0. The Labute approximate surface area is 118 Å². The minimum Gasteiger partial charge on any atom is 0 e. The molecule has 0 aromatic carbocycles. The van der Waals surface area contributed by atoms with E-state index in [1.807, 2.05) is 0 Å². The van der Waals surface area contributed by atoms with Crippen molar-refractivity contribution in [3.63, 3.8) is 0 Å². The van der Waals surface area contributed by atoms with E-state index in [0.717, 1.165) is 0 Å². The molecule has 0 bridgehead atoms. The molecule has 0 N–H and O–H groups in total. The molecule has 0 aliphatic rings. The van der Waals surface area contributed by atoms with Crippen LogP contribution in [0.25, 0.3) is 0 Å². The van der Waals surface area contributed by atoms with Crippen LogP contribution in [0, 0.1) is 0 Å². The Kier molecular flexibility index (Phi) is 95.5. The molecule has 0 aliphatic heterocycles. The van der Waals surface area contributed by atoms with Crippen LogP contribution >= 0.6 is 9.90 Å². The third-order valence-electron chi connectivity index (χ3n) is 0. The second-order valence-electron chi connectivity index (χ2n) is 0. The Morgan fingerprint density at radius 1 is 1.00 bits per heavy atom. The average Bonchev–Trinajstić information content (AvgIpc) is 0. The van der Waals surface area contributed by atoms with Gasteiger partial charge in [-0.1, -0.05) is 0 Å². The number of rotatable bonds is 0. The summed E-state index contributed by atoms with van der Waals surface area (Å²) in [6.07, 6.45) is 0. The maximum absolute atomic E-state index is 0. The van der Waals surface area contributed by atoms with Crippen LogP contribution < -0.4 is 0 Å². The molecule has 0 aliphatic carbocycles. The summed E-state index contributed by atoms with van der Waals surface area (Å²) in [4.78, 5) is 0. The molecular weight excluding hydrogens is 134 g/mol. The van der Waals surface area contributed by atoms with Crippen molar-refractivity contribution in [1.29, 1.82) is 0 Å². The van der Waals surface area contributed by atoms with E-state index in [9.17, 15) is 0 Å². The summed E-state index contributed by atoms with van der Waals surface area (Å²) in [5.41, 5.74) is 0. The van der Waals surface area contributed by atoms with Crippen molar-refractivity contribution in [1.82, 2.24) is 0 Å². The van der Waals surface area contributed by atoms with Gasteiger partial charge in [0.05, 0.1) is 0 Å². The summed E-state index contributed by atoms with van der Waals surface area (Å²) in [6.45, 7) is 0. The normalized spacial score (nSPS) is 0. The molecule has 4 heavy (non-hydrogen) atoms. The van der Waals surface area contributed by atoms with Gasteiger partial charge in [-0.2, -0.15) is 0 Å². The molecule has 0 unspecified atom stereocenters. The monoisotopic (exact) mass is 139 g/mol. The van der Waals surface area contributed by atoms with Crippen molar-refractivity contribution in [3.8, 4) is 0 Å². The summed E-state index contributed by atoms with van der Waals surface area (Å²) in [7, 11) is 0. The van der Waals surface area contributed by atoms with E-state index in [2.05, 4.69) is 0 Å². The van der Waals surface area contributed by atoms with Crippen LogP contribution in [0.2, 0.25) is 0 Å². The van der Waals surface area contributed by atoms with Gasteiger partial charge < -0.3 is 0 Å². The fourth-order valence-corrected chi connectivity index (χ4v) is 0. The quantitative estimate of drug-likeness (QED) is 0.280. The van der Waals surface area contributed by atoms with Crippen LogP contribution in [-0.2, 0) is 0 Å². The Balaban J connectivity index is 0. The summed E-state index contributed by atoms with van der Waals surface area (Å²) in [6, 6.07) is 0. The third-order valence-corrected chi connectivity index (χ3v) is 0. The fourth-order valence-electron chi connectivity index (χ4n) is 0. The number of hydrogen-bond acceptors (Lipinski definition) is 0. The first-order valence-electron chi connectivity index (χ1n) is 0. The van der Waals surface area contributed by atoms with Crippen molar-refractivity contribution >= 4 is 122 Å². The van der Waals surface area contributed by atoms with Crippen LogP contribution in [0.4, 0.5) is 0 Å². The Morgan fingerprint density at radius 3 is 1.00 bits per heavy atom. The van der Waals surface area contributed by atoms with Crippen LogP contribution in [0.15, 0.2) is 0 Å². The maximum atomic E-state index is 0. The first-order valence-corrected chi connectivity index (χ1v) is 0. The van der Waals surface area contributed by atoms with Gasteiger partial charge >= 0.3 is 112 Å². The zero-order valence-electron chi connectivity index (χ0n) is 0.447. The van der Waals surface area contributed by atoms with E-state index < -0.39 is 0 Å². The Bertz CT molecular complexity index is 8.00. The van der Waals surface area contributed by atoms with Crippen molar-refractivity contribution in [2.24, 2.45) is 0 Å². The van der Waals surface area contributed by atoms with Gasteiger partial charge in [0.15, 0.2) is 0 Å². The zero-order chi connectivity index (χ0) is 0. The molecule has 0 spiro atoms. The van der Waals surface area contributed by atoms with Crippen molar-refractivity contribution in [2.45, 2.75) is 0 Å². The average molecular weight is 139 g/mol. The van der Waals surface area contributed by atoms with E-state index in [1.165, 1.54) is 0 Å². The third kappa shape index (κ3) is 9.43. The zero-order valence-corrected chi connectivity index (χ0v) is 1.34. The summed E-state index contributed by atoms with van der Waals surface area (Å²) in [5, 5.41) is 0. The van der Waals surface area contributed by atoms with E-state index in [1.54, 1.807) is 0 Å². The van der Waals surface area contributed by atoms with Gasteiger partial charge in [0, 0.05) is 9.90 Å². The molecule has 0 atom stereocenters. The molecule has 0 aromatic rings. The van der Waals surface area contributed by atoms with Gasteiger partial charge in [0.25, 0.3) is 0 Å². The molecule has 0 saturated carbocycles. The molecule has 4 heteroatoms. The topological polar surface area (TPSA) is 0 Å². The smallest absolute Gasteiger partial charge is 0 e. The van der Waals surface area contributed by atoms with Crippen LogP contribution in [0.3, 0.4) is 0 Å². The molecule has 0 nitrogen and oxygen atoms in total. The Hall–Kier alpha value is 4.09. The molecule has 0 heterocycles. The van der Waals surface area contributed by atoms with Crippen LogP contribution in [0.1, 0.15) is 0 Å². The summed E-state index contributed by atoms with van der Waals surface area (Å²) < 4.78 is 0. The minimum absolute atomic E-state index is 0. The molecule has 0 amide bonds. The fraction of sp³-hybridized carbons (Fsp3) is 0. The second-order valence-corrected chi connectivity index (χ2v) is 0. The molecule has 0 aromatic heterocycles. The van der Waals surface area contributed by atoms with Crippen molar-refractivity contribution < 1.29 is 0 Å². The van der Waals surface area contributed by atoms with Gasteiger partial charge in [-0.3, -0.25) is 0 Å². The molecule has 15 valence electrons. The molecule has 0 fully saturated rings. The minimum atomic E-state index is 0. The molecule has 0 rings (SSSR count). The Morgan fingerprint density at radius 2 is 1.00 bits per heavy atom. The maximum Gasteiger partial charge on any atom is 0.316 e. The molecular formula is H5CaKMgP. The van der Waals surface area contributed by atoms with Crippen molar-refractivity contribution in [3.05, 3.63) is 0 Å². The van der Waals surface area contributed by atoms with E-state index in [0.29, 0.717) is 0 Å². The largest absolute Gasteiger partial charge is 0.316 e. The van der Waals surface area contributed by atoms with E-state index >= 15 is 0 Å². The molecule has 0 saturated heterocycles. The summed E-state index contributed by atoms with van der Waals surface area (Å²) >= 11 is 0. The van der Waals surface area contributed by atoms with Crippen molar-refractivity contribution in [2.75, 3.05) is 0 Å². The van der Waals surface area contributed by atoms with E-state index in [4.69, 9.17) is 0 Å².